The molecule has 0 radical (unpaired) electrons. The van der Waals surface area contributed by atoms with Crippen molar-refractivity contribution in [3.63, 3.8) is 0 Å². The van der Waals surface area contributed by atoms with Gasteiger partial charge in [-0.25, -0.2) is 4.79 Å². The van der Waals surface area contributed by atoms with Crippen molar-refractivity contribution in [1.29, 1.82) is 0 Å². The number of carbonyl (C=O) groups excluding carboxylic acids is 1. The van der Waals surface area contributed by atoms with Gasteiger partial charge in [0.15, 0.2) is 0 Å². The number of rotatable bonds is 2. The van der Waals surface area contributed by atoms with Crippen molar-refractivity contribution in [2.24, 2.45) is 0 Å². The van der Waals surface area contributed by atoms with Gasteiger partial charge in [0.25, 0.3) is 0 Å². The van der Waals surface area contributed by atoms with Crippen molar-refractivity contribution in [1.82, 2.24) is 0 Å². The molecule has 0 saturated carbocycles. The Hall–Kier alpha value is -1.81. The molecule has 0 saturated heterocycles. The summed E-state index contributed by atoms with van der Waals surface area (Å²) in [6, 6.07) is 13.9. The van der Waals surface area contributed by atoms with Crippen LogP contribution in [0.2, 0.25) is 0 Å². The molecule has 3 rings (SSSR count). The molecule has 0 aromatic heterocycles. The van der Waals surface area contributed by atoms with Gasteiger partial charge in [-0.2, -0.15) is 0 Å². The Morgan fingerprint density at radius 1 is 1.15 bits per heavy atom. The Balaban J connectivity index is 1.87. The maximum Gasteiger partial charge on any atom is 0.337 e. The SMILES string of the molecule is COC(=O)c1cccc(N2Cc3ccc(Br)cc3C2)c1. The molecule has 1 heterocycles. The van der Waals surface area contributed by atoms with Crippen LogP contribution in [0.15, 0.2) is 46.9 Å². The van der Waals surface area contributed by atoms with E-state index >= 15 is 0 Å². The zero-order chi connectivity index (χ0) is 14.1. The molecule has 102 valence electrons. The monoisotopic (exact) mass is 331 g/mol. The second-order valence-electron chi connectivity index (χ2n) is 4.81. The van der Waals surface area contributed by atoms with E-state index in [1.54, 1.807) is 6.07 Å². The number of hydrogen-bond donors (Lipinski definition) is 0. The Morgan fingerprint density at radius 3 is 2.75 bits per heavy atom. The van der Waals surface area contributed by atoms with Gasteiger partial charge in [-0.1, -0.05) is 28.1 Å². The van der Waals surface area contributed by atoms with Crippen LogP contribution >= 0.6 is 15.9 Å². The van der Waals surface area contributed by atoms with Gasteiger partial charge >= 0.3 is 5.97 Å². The van der Waals surface area contributed by atoms with Gasteiger partial charge in [0.1, 0.15) is 0 Å². The lowest BCUT2D eigenvalue weighted by atomic mass is 10.1. The summed E-state index contributed by atoms with van der Waals surface area (Å²) in [4.78, 5) is 13.9. The maximum absolute atomic E-state index is 11.6. The summed E-state index contributed by atoms with van der Waals surface area (Å²) < 4.78 is 5.87. The van der Waals surface area contributed by atoms with Gasteiger partial charge in [-0.05, 0) is 41.5 Å². The number of carbonyl (C=O) groups is 1. The minimum Gasteiger partial charge on any atom is -0.465 e. The second kappa shape index (κ2) is 5.29. The molecule has 0 spiro atoms. The first kappa shape index (κ1) is 13.2. The highest BCUT2D eigenvalue weighted by atomic mass is 79.9. The molecule has 3 nitrogen and oxygen atoms in total. The minimum absolute atomic E-state index is 0.300. The number of benzene rings is 2. The summed E-state index contributed by atoms with van der Waals surface area (Å²) in [5.41, 5.74) is 4.28. The van der Waals surface area contributed by atoms with Crippen molar-refractivity contribution in [3.8, 4) is 0 Å². The van der Waals surface area contributed by atoms with Crippen LogP contribution in [-0.2, 0) is 17.8 Å². The molecule has 0 amide bonds. The highest BCUT2D eigenvalue weighted by Crippen LogP contribution is 2.30. The summed E-state index contributed by atoms with van der Waals surface area (Å²) in [5.74, 6) is -0.300. The molecule has 0 bridgehead atoms. The fraction of sp³-hybridized carbons (Fsp3) is 0.188. The minimum atomic E-state index is -0.300. The molecule has 0 atom stereocenters. The molecule has 20 heavy (non-hydrogen) atoms. The van der Waals surface area contributed by atoms with Crippen LogP contribution in [0.3, 0.4) is 0 Å². The van der Waals surface area contributed by atoms with E-state index in [9.17, 15) is 4.79 Å². The number of hydrogen-bond acceptors (Lipinski definition) is 3. The number of fused-ring (bicyclic) bond motifs is 1. The zero-order valence-electron chi connectivity index (χ0n) is 11.1. The molecule has 1 aliphatic rings. The van der Waals surface area contributed by atoms with Gasteiger partial charge in [0, 0.05) is 23.2 Å². The van der Waals surface area contributed by atoms with E-state index in [1.807, 2.05) is 18.2 Å². The zero-order valence-corrected chi connectivity index (χ0v) is 12.7. The van der Waals surface area contributed by atoms with E-state index in [1.165, 1.54) is 18.2 Å². The Kier molecular flexibility index (Phi) is 3.49. The van der Waals surface area contributed by atoms with E-state index in [0.717, 1.165) is 23.2 Å². The highest BCUT2D eigenvalue weighted by molar-refractivity contribution is 9.10. The molecule has 2 aromatic carbocycles. The van der Waals surface area contributed by atoms with Crippen LogP contribution < -0.4 is 4.90 Å². The molecule has 2 aromatic rings. The Labute approximate surface area is 126 Å². The molecular formula is C16H14BrNO2. The van der Waals surface area contributed by atoms with Crippen LogP contribution in [0.1, 0.15) is 21.5 Å². The first-order chi connectivity index (χ1) is 9.67. The first-order valence-electron chi connectivity index (χ1n) is 6.38. The second-order valence-corrected chi connectivity index (χ2v) is 5.73. The Morgan fingerprint density at radius 2 is 1.95 bits per heavy atom. The summed E-state index contributed by atoms with van der Waals surface area (Å²) >= 11 is 3.50. The van der Waals surface area contributed by atoms with E-state index in [4.69, 9.17) is 4.74 Å². The van der Waals surface area contributed by atoms with Crippen molar-refractivity contribution in [3.05, 3.63) is 63.6 Å². The highest BCUT2D eigenvalue weighted by Gasteiger charge is 2.20. The average Bonchev–Trinajstić information content (AvgIpc) is 2.89. The first-order valence-corrected chi connectivity index (χ1v) is 7.17. The third-order valence-corrected chi connectivity index (χ3v) is 4.02. The van der Waals surface area contributed by atoms with Crippen molar-refractivity contribution >= 4 is 27.6 Å². The summed E-state index contributed by atoms with van der Waals surface area (Å²) in [6.45, 7) is 1.73. The smallest absolute Gasteiger partial charge is 0.337 e. The topological polar surface area (TPSA) is 29.5 Å². The molecule has 0 N–H and O–H groups in total. The Bertz CT molecular complexity index is 669. The van der Waals surface area contributed by atoms with Crippen LogP contribution in [0.5, 0.6) is 0 Å². The van der Waals surface area contributed by atoms with Crippen molar-refractivity contribution in [2.45, 2.75) is 13.1 Å². The van der Waals surface area contributed by atoms with Crippen LogP contribution in [0.25, 0.3) is 0 Å². The number of ether oxygens (including phenoxy) is 1. The van der Waals surface area contributed by atoms with Gasteiger partial charge in [-0.3, -0.25) is 0 Å². The van der Waals surface area contributed by atoms with Gasteiger partial charge in [0.2, 0.25) is 0 Å². The average molecular weight is 332 g/mol. The van der Waals surface area contributed by atoms with Crippen LogP contribution in [0, 0.1) is 0 Å². The summed E-state index contributed by atoms with van der Waals surface area (Å²) in [5, 5.41) is 0. The fourth-order valence-corrected chi connectivity index (χ4v) is 2.90. The van der Waals surface area contributed by atoms with E-state index in [-0.39, 0.29) is 5.97 Å². The standard InChI is InChI=1S/C16H14BrNO2/c1-20-16(19)11-3-2-4-15(8-11)18-9-12-5-6-14(17)7-13(12)10-18/h2-8H,9-10H2,1H3. The van der Waals surface area contributed by atoms with Crippen LogP contribution in [0.4, 0.5) is 5.69 Å². The lowest BCUT2D eigenvalue weighted by Crippen LogP contribution is -2.15. The fourth-order valence-electron chi connectivity index (χ4n) is 2.49. The third-order valence-electron chi connectivity index (χ3n) is 3.52. The van der Waals surface area contributed by atoms with Gasteiger partial charge in [0.05, 0.1) is 12.7 Å². The predicted molar refractivity (Wildman–Crippen MR) is 81.8 cm³/mol. The number of anilines is 1. The normalized spacial score (nSPS) is 13.2. The lowest BCUT2D eigenvalue weighted by molar-refractivity contribution is 0.0601. The van der Waals surface area contributed by atoms with Gasteiger partial charge < -0.3 is 9.64 Å². The molecule has 1 aliphatic heterocycles. The van der Waals surface area contributed by atoms with E-state index in [0.29, 0.717) is 5.56 Å². The number of halogens is 1. The number of esters is 1. The van der Waals surface area contributed by atoms with Crippen LogP contribution in [-0.4, -0.2) is 13.1 Å². The molecule has 0 unspecified atom stereocenters. The third kappa shape index (κ3) is 2.43. The molecule has 4 heteroatoms. The van der Waals surface area contributed by atoms with Crippen molar-refractivity contribution < 1.29 is 9.53 Å². The van der Waals surface area contributed by atoms with Gasteiger partial charge in [-0.15, -0.1) is 0 Å². The maximum atomic E-state index is 11.6. The molecular weight excluding hydrogens is 318 g/mol. The quantitative estimate of drug-likeness (QED) is 0.785. The van der Waals surface area contributed by atoms with E-state index < -0.39 is 0 Å². The number of methoxy groups -OCH3 is 1. The number of nitrogens with zero attached hydrogens (tertiary/aromatic N) is 1. The predicted octanol–water partition coefficient (Wildman–Crippen LogP) is 3.76. The largest absolute Gasteiger partial charge is 0.465 e. The van der Waals surface area contributed by atoms with Crippen molar-refractivity contribution in [2.75, 3.05) is 12.0 Å². The van der Waals surface area contributed by atoms with E-state index in [2.05, 4.69) is 39.0 Å². The molecule has 0 aliphatic carbocycles. The summed E-state index contributed by atoms with van der Waals surface area (Å²) in [6.07, 6.45) is 0. The summed E-state index contributed by atoms with van der Waals surface area (Å²) in [7, 11) is 1.40. The molecule has 0 fully saturated rings. The lowest BCUT2D eigenvalue weighted by Gasteiger charge is -2.18.